The van der Waals surface area contributed by atoms with Gasteiger partial charge in [-0.3, -0.25) is 0 Å². The second-order valence-corrected chi connectivity index (χ2v) is 7.68. The van der Waals surface area contributed by atoms with E-state index >= 15 is 0 Å². The molecule has 2 N–H and O–H groups in total. The summed E-state index contributed by atoms with van der Waals surface area (Å²) < 4.78 is 0. The topological polar surface area (TPSA) is 47.6 Å². The molecule has 2 aliphatic carbocycles. The maximum Gasteiger partial charge on any atom is 0.114 e. The van der Waals surface area contributed by atoms with E-state index in [0.717, 1.165) is 37.8 Å². The van der Waals surface area contributed by atoms with Crippen LogP contribution >= 0.6 is 0 Å². The van der Waals surface area contributed by atoms with E-state index in [1.54, 1.807) is 0 Å². The standard InChI is InChI=1S/C23H27N2O/c1-2-26-25-21-12-13-23(16-17-6-5-8-20(24)14-17)19(15-21)11-10-18-7-3-4-9-22(18)23/h4-9,14,19H,2,10-13,15-16,24H2,1H3/b25-21-. The van der Waals surface area contributed by atoms with Crippen LogP contribution in [0.2, 0.25) is 0 Å². The van der Waals surface area contributed by atoms with Gasteiger partial charge in [-0.1, -0.05) is 35.5 Å². The summed E-state index contributed by atoms with van der Waals surface area (Å²) in [6.07, 6.45) is 6.56. The fraction of sp³-hybridized carbons (Fsp3) is 0.435. The number of rotatable bonds is 4. The Balaban J connectivity index is 1.73. The maximum absolute atomic E-state index is 6.06. The van der Waals surface area contributed by atoms with E-state index < -0.39 is 0 Å². The molecule has 0 saturated heterocycles. The van der Waals surface area contributed by atoms with Gasteiger partial charge in [0.2, 0.25) is 0 Å². The van der Waals surface area contributed by atoms with E-state index in [2.05, 4.69) is 47.6 Å². The Hall–Kier alpha value is -2.29. The molecule has 2 unspecified atom stereocenters. The molecule has 1 fully saturated rings. The number of benzene rings is 2. The molecular weight excluding hydrogens is 320 g/mol. The van der Waals surface area contributed by atoms with Crippen LogP contribution in [0.25, 0.3) is 0 Å². The van der Waals surface area contributed by atoms with Crippen LogP contribution in [0.1, 0.15) is 49.3 Å². The summed E-state index contributed by atoms with van der Waals surface area (Å²) in [4.78, 5) is 5.36. The van der Waals surface area contributed by atoms with Crippen molar-refractivity contribution in [1.82, 2.24) is 0 Å². The molecule has 2 aromatic rings. The quantitative estimate of drug-likeness (QED) is 0.644. The molecule has 2 aliphatic rings. The van der Waals surface area contributed by atoms with Gasteiger partial charge in [0, 0.05) is 11.1 Å². The molecule has 135 valence electrons. The minimum atomic E-state index is 0.168. The van der Waals surface area contributed by atoms with Crippen molar-refractivity contribution in [2.45, 2.75) is 50.9 Å². The molecule has 0 bridgehead atoms. The summed E-state index contributed by atoms with van der Waals surface area (Å²) in [6.45, 7) is 2.63. The first-order valence-electron chi connectivity index (χ1n) is 9.73. The van der Waals surface area contributed by atoms with Crippen molar-refractivity contribution >= 4 is 11.4 Å². The minimum Gasteiger partial charge on any atom is -0.399 e. The lowest BCUT2D eigenvalue weighted by Gasteiger charge is -2.49. The van der Waals surface area contributed by atoms with Gasteiger partial charge in [0.25, 0.3) is 0 Å². The fourth-order valence-corrected chi connectivity index (χ4v) is 5.01. The number of hydrogen-bond acceptors (Lipinski definition) is 3. The van der Waals surface area contributed by atoms with Crippen LogP contribution in [-0.2, 0) is 23.1 Å². The van der Waals surface area contributed by atoms with Crippen molar-refractivity contribution in [3.8, 4) is 0 Å². The summed E-state index contributed by atoms with van der Waals surface area (Å²) in [5.41, 5.74) is 12.6. The van der Waals surface area contributed by atoms with E-state index in [-0.39, 0.29) is 5.41 Å². The number of aryl methyl sites for hydroxylation is 1. The molecule has 2 atom stereocenters. The number of nitrogens with two attached hydrogens (primary N) is 1. The van der Waals surface area contributed by atoms with E-state index in [1.807, 2.05) is 13.0 Å². The molecule has 1 saturated carbocycles. The largest absolute Gasteiger partial charge is 0.399 e. The second-order valence-electron chi connectivity index (χ2n) is 7.68. The van der Waals surface area contributed by atoms with Gasteiger partial charge in [0.15, 0.2) is 0 Å². The highest BCUT2D eigenvalue weighted by atomic mass is 16.6. The minimum absolute atomic E-state index is 0.168. The van der Waals surface area contributed by atoms with Crippen LogP contribution in [0.4, 0.5) is 5.69 Å². The maximum atomic E-state index is 6.06. The first-order chi connectivity index (χ1) is 12.7. The molecule has 2 aromatic carbocycles. The average molecular weight is 347 g/mol. The smallest absolute Gasteiger partial charge is 0.114 e. The molecule has 0 amide bonds. The van der Waals surface area contributed by atoms with Crippen LogP contribution in [-0.4, -0.2) is 12.3 Å². The Kier molecular flexibility index (Phi) is 4.71. The first kappa shape index (κ1) is 17.1. The van der Waals surface area contributed by atoms with Gasteiger partial charge in [0.05, 0.1) is 5.71 Å². The molecule has 26 heavy (non-hydrogen) atoms. The van der Waals surface area contributed by atoms with Crippen LogP contribution in [0.15, 0.2) is 47.6 Å². The third-order valence-corrected chi connectivity index (χ3v) is 6.16. The Morgan fingerprint density at radius 2 is 2.23 bits per heavy atom. The van der Waals surface area contributed by atoms with Gasteiger partial charge in [-0.05, 0) is 86.3 Å². The van der Waals surface area contributed by atoms with Gasteiger partial charge in [-0.25, -0.2) is 0 Å². The Labute approximate surface area is 156 Å². The molecule has 0 aromatic heterocycles. The van der Waals surface area contributed by atoms with Gasteiger partial charge < -0.3 is 10.6 Å². The fourth-order valence-electron chi connectivity index (χ4n) is 5.01. The van der Waals surface area contributed by atoms with Crippen molar-refractivity contribution in [3.05, 3.63) is 65.2 Å². The SMILES string of the molecule is CCO/N=C1/CCC2(Cc3cccc(N)c3)c3cc[c]cc3CCC2C1. The predicted octanol–water partition coefficient (Wildman–Crippen LogP) is 4.69. The zero-order valence-electron chi connectivity index (χ0n) is 15.5. The summed E-state index contributed by atoms with van der Waals surface area (Å²) in [7, 11) is 0. The molecule has 4 rings (SSSR count). The van der Waals surface area contributed by atoms with Crippen molar-refractivity contribution in [2.75, 3.05) is 12.3 Å². The highest BCUT2D eigenvalue weighted by Gasteiger charge is 2.46. The van der Waals surface area contributed by atoms with Crippen molar-refractivity contribution in [2.24, 2.45) is 11.1 Å². The predicted molar refractivity (Wildman–Crippen MR) is 106 cm³/mol. The number of nitrogen functional groups attached to an aromatic ring is 1. The Morgan fingerprint density at radius 3 is 3.08 bits per heavy atom. The zero-order chi connectivity index (χ0) is 18.0. The van der Waals surface area contributed by atoms with Crippen LogP contribution in [0.3, 0.4) is 0 Å². The van der Waals surface area contributed by atoms with Crippen molar-refractivity contribution < 1.29 is 4.84 Å². The monoisotopic (exact) mass is 347 g/mol. The number of anilines is 1. The molecule has 3 heteroatoms. The third kappa shape index (κ3) is 3.11. The molecule has 0 spiro atoms. The summed E-state index contributed by atoms with van der Waals surface area (Å²) >= 11 is 0. The summed E-state index contributed by atoms with van der Waals surface area (Å²) in [5, 5.41) is 4.39. The van der Waals surface area contributed by atoms with E-state index in [9.17, 15) is 0 Å². The van der Waals surface area contributed by atoms with E-state index in [4.69, 9.17) is 10.6 Å². The van der Waals surface area contributed by atoms with Crippen molar-refractivity contribution in [1.29, 1.82) is 0 Å². The first-order valence-corrected chi connectivity index (χ1v) is 9.73. The van der Waals surface area contributed by atoms with E-state index in [1.165, 1.54) is 28.8 Å². The highest BCUT2D eigenvalue weighted by Crippen LogP contribution is 2.51. The van der Waals surface area contributed by atoms with Gasteiger partial charge in [-0.2, -0.15) is 0 Å². The number of hydrogen-bond donors (Lipinski definition) is 1. The van der Waals surface area contributed by atoms with E-state index in [0.29, 0.717) is 12.5 Å². The molecule has 0 aliphatic heterocycles. The zero-order valence-corrected chi connectivity index (χ0v) is 15.5. The highest BCUT2D eigenvalue weighted by molar-refractivity contribution is 5.85. The Bertz CT molecular complexity index is 813. The molecule has 3 nitrogen and oxygen atoms in total. The number of nitrogens with zero attached hydrogens (tertiary/aromatic N) is 1. The summed E-state index contributed by atoms with van der Waals surface area (Å²) in [6, 6.07) is 18.2. The summed E-state index contributed by atoms with van der Waals surface area (Å²) in [5.74, 6) is 0.604. The third-order valence-electron chi connectivity index (χ3n) is 6.16. The van der Waals surface area contributed by atoms with Crippen molar-refractivity contribution in [3.63, 3.8) is 0 Å². The number of fused-ring (bicyclic) bond motifs is 3. The normalized spacial score (nSPS) is 26.2. The van der Waals surface area contributed by atoms with Crippen LogP contribution < -0.4 is 5.73 Å². The van der Waals surface area contributed by atoms with Crippen LogP contribution in [0, 0.1) is 12.0 Å². The molecule has 1 radical (unpaired) electrons. The lowest BCUT2D eigenvalue weighted by atomic mass is 9.55. The molecular formula is C23H27N2O. The number of oxime groups is 1. The van der Waals surface area contributed by atoms with Gasteiger partial charge >= 0.3 is 0 Å². The van der Waals surface area contributed by atoms with Crippen LogP contribution in [0.5, 0.6) is 0 Å². The Morgan fingerprint density at radius 1 is 1.31 bits per heavy atom. The van der Waals surface area contributed by atoms with Gasteiger partial charge in [0.1, 0.15) is 6.61 Å². The average Bonchev–Trinajstić information content (AvgIpc) is 2.66. The molecule has 0 heterocycles. The lowest BCUT2D eigenvalue weighted by molar-refractivity contribution is 0.149. The van der Waals surface area contributed by atoms with Gasteiger partial charge in [-0.15, -0.1) is 0 Å². The second kappa shape index (κ2) is 7.14. The lowest BCUT2D eigenvalue weighted by Crippen LogP contribution is -2.46.